The van der Waals surface area contributed by atoms with E-state index in [-0.39, 0.29) is 5.03 Å². The molecule has 0 nitrogen and oxygen atoms in total. The lowest BCUT2D eigenvalue weighted by molar-refractivity contribution is 0.898. The molecule has 0 amide bonds. The van der Waals surface area contributed by atoms with Gasteiger partial charge in [-0.25, -0.2) is 0 Å². The van der Waals surface area contributed by atoms with Gasteiger partial charge in [-0.05, 0) is 17.2 Å². The molecule has 1 aliphatic rings. The minimum Gasteiger partial charge on any atom is -0.0925 e. The van der Waals surface area contributed by atoms with E-state index in [0.717, 1.165) is 5.56 Å². The predicted molar refractivity (Wildman–Crippen MR) is 77.2 cm³/mol. The molecule has 0 saturated carbocycles. The molecule has 0 heterocycles. The summed E-state index contributed by atoms with van der Waals surface area (Å²) in [5, 5.41) is 0.200. The summed E-state index contributed by atoms with van der Waals surface area (Å²) in [4.78, 5) is 0. The van der Waals surface area contributed by atoms with Gasteiger partial charge in [0.05, 0.1) is 5.03 Å². The highest BCUT2D eigenvalue weighted by Gasteiger charge is 2.53. The van der Waals surface area contributed by atoms with E-state index in [1.54, 1.807) is 12.2 Å². The van der Waals surface area contributed by atoms with Gasteiger partial charge in [0.1, 0.15) is 0 Å². The zero-order valence-electron chi connectivity index (χ0n) is 8.43. The number of hydrogen-bond acceptors (Lipinski definition) is 0. The molecule has 0 fully saturated rings. The predicted octanol–water partition coefficient (Wildman–Crippen LogP) is 5.55. The SMILES string of the molecule is ClC1=CC=C(c2ccccc2)C(Cl)(Cl)C1(Cl)Cl. The third-order valence-corrected chi connectivity index (χ3v) is 5.45. The number of alkyl halides is 4. The Morgan fingerprint density at radius 2 is 1.35 bits per heavy atom. The average Bonchev–Trinajstić information content (AvgIpc) is 2.28. The minimum absolute atomic E-state index is 0.200. The highest BCUT2D eigenvalue weighted by Crippen LogP contribution is 2.57. The fourth-order valence-corrected chi connectivity index (χ4v) is 2.76. The van der Waals surface area contributed by atoms with Gasteiger partial charge in [0.25, 0.3) is 0 Å². The zero-order chi connectivity index (χ0) is 12.7. The lowest BCUT2D eigenvalue weighted by Gasteiger charge is -2.37. The number of halogens is 5. The molecule has 0 unspecified atom stereocenters. The fraction of sp³-hybridized carbons (Fsp3) is 0.167. The Morgan fingerprint density at radius 1 is 0.765 bits per heavy atom. The van der Waals surface area contributed by atoms with Crippen molar-refractivity contribution in [3.8, 4) is 0 Å². The largest absolute Gasteiger partial charge is 0.190 e. The Bertz CT molecular complexity index is 485. The van der Waals surface area contributed by atoms with E-state index in [1.165, 1.54) is 0 Å². The van der Waals surface area contributed by atoms with Crippen LogP contribution in [0.15, 0.2) is 47.5 Å². The maximum absolute atomic E-state index is 6.27. The third kappa shape index (κ3) is 2.22. The van der Waals surface area contributed by atoms with E-state index in [4.69, 9.17) is 58.0 Å². The van der Waals surface area contributed by atoms with Crippen molar-refractivity contribution in [2.24, 2.45) is 0 Å². The van der Waals surface area contributed by atoms with Crippen molar-refractivity contribution in [2.45, 2.75) is 8.67 Å². The van der Waals surface area contributed by atoms with Gasteiger partial charge >= 0.3 is 0 Å². The summed E-state index contributed by atoms with van der Waals surface area (Å²) in [5.41, 5.74) is 1.47. The van der Waals surface area contributed by atoms with Gasteiger partial charge in [-0.2, -0.15) is 0 Å². The van der Waals surface area contributed by atoms with Gasteiger partial charge in [0.2, 0.25) is 0 Å². The van der Waals surface area contributed by atoms with Crippen molar-refractivity contribution in [1.82, 2.24) is 0 Å². The molecule has 1 aromatic carbocycles. The molecule has 0 aromatic heterocycles. The quantitative estimate of drug-likeness (QED) is 0.593. The lowest BCUT2D eigenvalue weighted by Crippen LogP contribution is -2.39. The normalized spacial score (nSPS) is 21.7. The van der Waals surface area contributed by atoms with Crippen LogP contribution >= 0.6 is 58.0 Å². The number of benzene rings is 1. The summed E-state index contributed by atoms with van der Waals surface area (Å²) in [7, 11) is 0. The average molecular weight is 328 g/mol. The summed E-state index contributed by atoms with van der Waals surface area (Å²) in [6.07, 6.45) is 3.33. The second-order valence-corrected chi connectivity index (χ2v) is 6.67. The standard InChI is InChI=1S/C12H7Cl5/c13-10-7-6-9(8-4-2-1-3-5-8)11(14,15)12(10,16)17/h1-7H. The van der Waals surface area contributed by atoms with Gasteiger partial charge in [-0.15, -0.1) is 0 Å². The van der Waals surface area contributed by atoms with Crippen LogP contribution in [0.3, 0.4) is 0 Å². The van der Waals surface area contributed by atoms with Crippen molar-refractivity contribution >= 4 is 63.6 Å². The minimum atomic E-state index is -1.56. The summed E-state index contributed by atoms with van der Waals surface area (Å²) >= 11 is 30.7. The van der Waals surface area contributed by atoms with Gasteiger partial charge in [0, 0.05) is 0 Å². The van der Waals surface area contributed by atoms with Crippen molar-refractivity contribution < 1.29 is 0 Å². The maximum atomic E-state index is 6.27. The van der Waals surface area contributed by atoms with Crippen molar-refractivity contribution in [3.05, 3.63) is 53.1 Å². The van der Waals surface area contributed by atoms with Crippen LogP contribution < -0.4 is 0 Å². The highest BCUT2D eigenvalue weighted by molar-refractivity contribution is 6.70. The molecule has 0 saturated heterocycles. The Balaban J connectivity index is 2.56. The summed E-state index contributed by atoms with van der Waals surface area (Å²) < 4.78 is -3.05. The Labute approximate surface area is 125 Å². The van der Waals surface area contributed by atoms with Crippen LogP contribution in [0.2, 0.25) is 0 Å². The van der Waals surface area contributed by atoms with Gasteiger partial charge in [-0.1, -0.05) is 94.4 Å². The molecule has 0 aliphatic heterocycles. The summed E-state index contributed by atoms with van der Waals surface area (Å²) in [6, 6.07) is 9.41. The van der Waals surface area contributed by atoms with Crippen LogP contribution in [-0.4, -0.2) is 8.67 Å². The van der Waals surface area contributed by atoms with Crippen molar-refractivity contribution in [2.75, 3.05) is 0 Å². The molecule has 1 aliphatic carbocycles. The van der Waals surface area contributed by atoms with E-state index < -0.39 is 8.67 Å². The molecular formula is C12H7Cl5. The van der Waals surface area contributed by atoms with E-state index in [1.807, 2.05) is 30.3 Å². The van der Waals surface area contributed by atoms with E-state index in [9.17, 15) is 0 Å². The topological polar surface area (TPSA) is 0 Å². The first-order chi connectivity index (χ1) is 7.87. The van der Waals surface area contributed by atoms with Crippen LogP contribution in [0, 0.1) is 0 Å². The van der Waals surface area contributed by atoms with Crippen LogP contribution in [0.25, 0.3) is 5.57 Å². The Kier molecular flexibility index (Phi) is 3.74. The monoisotopic (exact) mass is 326 g/mol. The molecule has 5 heteroatoms. The molecular weight excluding hydrogens is 321 g/mol. The smallest absolute Gasteiger partial charge is 0.0925 e. The molecule has 1 aromatic rings. The fourth-order valence-electron chi connectivity index (χ4n) is 1.58. The van der Waals surface area contributed by atoms with Crippen molar-refractivity contribution in [3.63, 3.8) is 0 Å². The summed E-state index contributed by atoms with van der Waals surface area (Å²) in [6.45, 7) is 0. The Hall–Kier alpha value is 0.150. The van der Waals surface area contributed by atoms with Gasteiger partial charge in [-0.3, -0.25) is 0 Å². The molecule has 2 rings (SSSR count). The van der Waals surface area contributed by atoms with Gasteiger partial charge < -0.3 is 0 Å². The van der Waals surface area contributed by atoms with E-state index in [2.05, 4.69) is 0 Å². The molecule has 0 radical (unpaired) electrons. The van der Waals surface area contributed by atoms with E-state index in [0.29, 0.717) is 5.57 Å². The molecule has 0 atom stereocenters. The molecule has 90 valence electrons. The van der Waals surface area contributed by atoms with Crippen LogP contribution in [0.4, 0.5) is 0 Å². The number of allylic oxidation sites excluding steroid dienone is 4. The second kappa shape index (κ2) is 4.68. The summed E-state index contributed by atoms with van der Waals surface area (Å²) in [5.74, 6) is 0. The number of rotatable bonds is 1. The molecule has 0 bridgehead atoms. The van der Waals surface area contributed by atoms with Gasteiger partial charge in [0.15, 0.2) is 8.67 Å². The second-order valence-electron chi connectivity index (χ2n) is 3.61. The Morgan fingerprint density at radius 3 is 1.94 bits per heavy atom. The van der Waals surface area contributed by atoms with Crippen LogP contribution in [-0.2, 0) is 0 Å². The first-order valence-electron chi connectivity index (χ1n) is 4.77. The van der Waals surface area contributed by atoms with Crippen LogP contribution in [0.1, 0.15) is 5.56 Å². The molecule has 0 N–H and O–H groups in total. The zero-order valence-corrected chi connectivity index (χ0v) is 12.2. The lowest BCUT2D eigenvalue weighted by atomic mass is 9.95. The van der Waals surface area contributed by atoms with Crippen LogP contribution in [0.5, 0.6) is 0 Å². The van der Waals surface area contributed by atoms with Crippen molar-refractivity contribution in [1.29, 1.82) is 0 Å². The third-order valence-electron chi connectivity index (χ3n) is 2.51. The maximum Gasteiger partial charge on any atom is 0.190 e. The highest BCUT2D eigenvalue weighted by atomic mass is 35.5. The first kappa shape index (κ1) is 13.6. The molecule has 17 heavy (non-hydrogen) atoms. The molecule has 0 spiro atoms. The van der Waals surface area contributed by atoms with E-state index >= 15 is 0 Å². The first-order valence-corrected chi connectivity index (χ1v) is 6.66. The number of hydrogen-bond donors (Lipinski definition) is 0.